The molecule has 0 radical (unpaired) electrons. The Bertz CT molecular complexity index is 871. The van der Waals surface area contributed by atoms with Crippen LogP contribution in [-0.4, -0.2) is 89.8 Å². The number of rotatable bonds is 10. The molecule has 0 aromatic heterocycles. The Morgan fingerprint density at radius 2 is 1.97 bits per heavy atom. The fourth-order valence-corrected chi connectivity index (χ4v) is 4.46. The van der Waals surface area contributed by atoms with Gasteiger partial charge in [0.2, 0.25) is 19.1 Å². The lowest BCUT2D eigenvalue weighted by molar-refractivity contribution is -0.231. The van der Waals surface area contributed by atoms with Gasteiger partial charge in [-0.2, -0.15) is 0 Å². The van der Waals surface area contributed by atoms with E-state index in [-0.39, 0.29) is 19.6 Å². The maximum atomic E-state index is 12.8. The first-order valence-electron chi connectivity index (χ1n) is 10.6. The number of aliphatic carboxylic acids is 1. The van der Waals surface area contributed by atoms with Crippen molar-refractivity contribution in [2.75, 3.05) is 26.6 Å². The van der Waals surface area contributed by atoms with Crippen molar-refractivity contribution in [3.05, 3.63) is 0 Å². The summed E-state index contributed by atoms with van der Waals surface area (Å²) in [5.74, 6) is -2.89. The lowest BCUT2D eigenvalue weighted by Crippen LogP contribution is -2.50. The molecule has 2 amide bonds. The summed E-state index contributed by atoms with van der Waals surface area (Å²) in [7, 11) is -4.36. The van der Waals surface area contributed by atoms with Crippen LogP contribution in [0.3, 0.4) is 0 Å². The van der Waals surface area contributed by atoms with E-state index in [4.69, 9.17) is 32.9 Å². The largest absolute Gasteiger partial charge is 0.481 e. The smallest absolute Gasteiger partial charge is 0.478 e. The third-order valence-corrected chi connectivity index (χ3v) is 6.04. The highest BCUT2D eigenvalue weighted by molar-refractivity contribution is 7.48. The summed E-state index contributed by atoms with van der Waals surface area (Å²) in [5.41, 5.74) is -1.79. The molecule has 2 unspecified atom stereocenters. The number of carbonyl (C=O) groups is 4. The van der Waals surface area contributed by atoms with E-state index in [9.17, 15) is 28.8 Å². The van der Waals surface area contributed by atoms with Crippen molar-refractivity contribution in [1.29, 1.82) is 0 Å². The van der Waals surface area contributed by atoms with Crippen molar-refractivity contribution in [2.24, 2.45) is 5.41 Å². The molecule has 0 aromatic carbocycles. The SMILES string of the molecule is CC(C)(C)OC(O)N1C(=O)OC[C@@H]1C(=O)OCOP1(=O)OCC(C)(C)[C@H](C(=O)NCCC(=O)O)O1. The van der Waals surface area contributed by atoms with Gasteiger partial charge in [-0.15, -0.1) is 0 Å². The van der Waals surface area contributed by atoms with Crippen LogP contribution in [0.5, 0.6) is 0 Å². The average molecular weight is 526 g/mol. The molecule has 2 aliphatic heterocycles. The van der Waals surface area contributed by atoms with Crippen LogP contribution in [0.2, 0.25) is 0 Å². The van der Waals surface area contributed by atoms with E-state index in [2.05, 4.69) is 5.32 Å². The molecule has 0 aromatic rings. The zero-order valence-corrected chi connectivity index (χ0v) is 20.9. The van der Waals surface area contributed by atoms with Gasteiger partial charge >= 0.3 is 25.9 Å². The van der Waals surface area contributed by atoms with E-state index < -0.39 is 74.7 Å². The van der Waals surface area contributed by atoms with Crippen LogP contribution in [0.15, 0.2) is 0 Å². The van der Waals surface area contributed by atoms with Crippen LogP contribution in [0.4, 0.5) is 4.79 Å². The first-order valence-corrected chi connectivity index (χ1v) is 12.1. The van der Waals surface area contributed by atoms with Crippen LogP contribution in [0.25, 0.3) is 0 Å². The monoisotopic (exact) mass is 526 g/mol. The number of ether oxygens (including phenoxy) is 3. The van der Waals surface area contributed by atoms with Crippen LogP contribution >= 0.6 is 7.82 Å². The third-order valence-electron chi connectivity index (χ3n) is 4.71. The van der Waals surface area contributed by atoms with Gasteiger partial charge in [-0.1, -0.05) is 13.8 Å². The third kappa shape index (κ3) is 8.12. The Morgan fingerprint density at radius 1 is 1.31 bits per heavy atom. The molecule has 0 spiro atoms. The number of phosphoric ester groups is 1. The predicted octanol–water partition coefficient (Wildman–Crippen LogP) is 0.556. The fraction of sp³-hybridized carbons (Fsp3) is 0.789. The Morgan fingerprint density at radius 3 is 2.57 bits per heavy atom. The number of nitrogens with zero attached hydrogens (tertiary/aromatic N) is 1. The molecular formula is C19H31N2O13P. The number of amides is 2. The number of carboxylic acids is 1. The number of phosphoric acid groups is 1. The van der Waals surface area contributed by atoms with Gasteiger partial charge < -0.3 is 29.7 Å². The molecule has 2 aliphatic rings. The molecule has 2 rings (SSSR count). The molecule has 4 atom stereocenters. The fourth-order valence-electron chi connectivity index (χ4n) is 2.96. The molecule has 2 fully saturated rings. The number of cyclic esters (lactones) is 1. The van der Waals surface area contributed by atoms with Crippen LogP contribution < -0.4 is 5.32 Å². The first kappa shape index (κ1) is 28.9. The number of nitrogens with one attached hydrogen (secondary N) is 1. The second-order valence-electron chi connectivity index (χ2n) is 9.40. The molecule has 3 N–H and O–H groups in total. The van der Waals surface area contributed by atoms with Crippen molar-refractivity contribution in [3.8, 4) is 0 Å². The van der Waals surface area contributed by atoms with Crippen molar-refractivity contribution in [1.82, 2.24) is 10.2 Å². The zero-order chi connectivity index (χ0) is 26.6. The predicted molar refractivity (Wildman–Crippen MR) is 113 cm³/mol. The first-order chi connectivity index (χ1) is 16.0. The maximum Gasteiger partial charge on any atom is 0.478 e. The van der Waals surface area contributed by atoms with Gasteiger partial charge in [-0.3, -0.25) is 18.6 Å². The van der Waals surface area contributed by atoms with E-state index >= 15 is 0 Å². The summed E-state index contributed by atoms with van der Waals surface area (Å²) in [4.78, 5) is 48.1. The van der Waals surface area contributed by atoms with Gasteiger partial charge in [0.15, 0.2) is 12.1 Å². The minimum atomic E-state index is -4.36. The molecule has 0 saturated carbocycles. The lowest BCUT2D eigenvalue weighted by Gasteiger charge is -2.39. The van der Waals surface area contributed by atoms with Gasteiger partial charge in [-0.05, 0) is 20.8 Å². The topological polar surface area (TPSA) is 196 Å². The lowest BCUT2D eigenvalue weighted by atomic mass is 9.87. The van der Waals surface area contributed by atoms with Gasteiger partial charge in [0.25, 0.3) is 0 Å². The Labute approximate surface area is 201 Å². The van der Waals surface area contributed by atoms with Crippen molar-refractivity contribution >= 4 is 31.8 Å². The van der Waals surface area contributed by atoms with Gasteiger partial charge in [0, 0.05) is 12.0 Å². The van der Waals surface area contributed by atoms with Crippen LogP contribution in [0.1, 0.15) is 41.0 Å². The Hall–Kier alpha value is -2.29. The van der Waals surface area contributed by atoms with E-state index in [0.29, 0.717) is 4.90 Å². The van der Waals surface area contributed by atoms with E-state index in [0.717, 1.165) is 0 Å². The molecule has 0 bridgehead atoms. The molecule has 2 saturated heterocycles. The number of aliphatic hydroxyl groups excluding tert-OH is 1. The maximum absolute atomic E-state index is 12.8. The molecule has 200 valence electrons. The summed E-state index contributed by atoms with van der Waals surface area (Å²) < 4.78 is 43.1. The van der Waals surface area contributed by atoms with E-state index in [1.165, 1.54) is 0 Å². The number of carboxylic acid groups (broad SMARTS) is 1. The molecular weight excluding hydrogens is 495 g/mol. The second kappa shape index (κ2) is 11.2. The van der Waals surface area contributed by atoms with Gasteiger partial charge in [-0.25, -0.2) is 23.6 Å². The zero-order valence-electron chi connectivity index (χ0n) is 20.0. The summed E-state index contributed by atoms with van der Waals surface area (Å²) >= 11 is 0. The van der Waals surface area contributed by atoms with Gasteiger partial charge in [0.05, 0.1) is 18.6 Å². The highest BCUT2D eigenvalue weighted by Gasteiger charge is 2.50. The standard InChI is InChI=1S/C19H31N2O13P/c1-18(2,3)33-17(27)21-11(8-29-16(21)26)15(25)30-10-32-35(28)31-9-19(4,5)13(34-35)14(24)20-7-6-12(22)23/h11,13,17,27H,6-10H2,1-5H3,(H,20,24)(H,22,23)/t11-,13+,17?,35?/m1/s1. The quantitative estimate of drug-likeness (QED) is 0.203. The number of carbonyl (C=O) groups excluding carboxylic acids is 3. The molecule has 0 aliphatic carbocycles. The highest BCUT2D eigenvalue weighted by atomic mass is 31.2. The second-order valence-corrected chi connectivity index (χ2v) is 11.0. The summed E-state index contributed by atoms with van der Waals surface area (Å²) in [6.45, 7) is 6.34. The highest BCUT2D eigenvalue weighted by Crippen LogP contribution is 2.57. The number of aliphatic hydroxyl groups is 1. The molecule has 15 nitrogen and oxygen atoms in total. The van der Waals surface area contributed by atoms with Crippen molar-refractivity contribution in [3.63, 3.8) is 0 Å². The van der Waals surface area contributed by atoms with E-state index in [1.54, 1.807) is 34.6 Å². The summed E-state index contributed by atoms with van der Waals surface area (Å²) in [6.07, 6.45) is -4.43. The van der Waals surface area contributed by atoms with Crippen molar-refractivity contribution in [2.45, 2.75) is 65.2 Å². The van der Waals surface area contributed by atoms with Crippen LogP contribution in [-0.2, 0) is 46.7 Å². The number of esters is 1. The minimum absolute atomic E-state index is 0.169. The van der Waals surface area contributed by atoms with Gasteiger partial charge in [0.1, 0.15) is 6.61 Å². The number of hydrogen-bond donors (Lipinski definition) is 3. The minimum Gasteiger partial charge on any atom is -0.481 e. The van der Waals surface area contributed by atoms with Crippen molar-refractivity contribution < 1.29 is 61.7 Å². The number of hydrogen-bond acceptors (Lipinski definition) is 12. The summed E-state index contributed by atoms with van der Waals surface area (Å²) in [6, 6.07) is -1.37. The summed E-state index contributed by atoms with van der Waals surface area (Å²) in [5, 5.41) is 21.2. The Kier molecular flexibility index (Phi) is 9.25. The van der Waals surface area contributed by atoms with E-state index in [1.807, 2.05) is 0 Å². The van der Waals surface area contributed by atoms with Crippen LogP contribution in [0, 0.1) is 5.41 Å². The average Bonchev–Trinajstić information content (AvgIpc) is 3.10. The normalized spacial score (nSPS) is 27.1. The molecule has 35 heavy (non-hydrogen) atoms. The molecule has 16 heteroatoms. The Balaban J connectivity index is 1.94. The molecule has 2 heterocycles.